The highest BCUT2D eigenvalue weighted by atomic mass is 16.2. The van der Waals surface area contributed by atoms with E-state index in [2.05, 4.69) is 22.7 Å². The van der Waals surface area contributed by atoms with Crippen LogP contribution in [0.3, 0.4) is 0 Å². The Morgan fingerprint density at radius 2 is 2.05 bits per heavy atom. The molecule has 0 unspecified atom stereocenters. The molecular formula is C14H22N4O3. The number of nitrogens with one attached hydrogen (secondary N) is 3. The quantitative estimate of drug-likeness (QED) is 0.213. The zero-order valence-corrected chi connectivity index (χ0v) is 12.1. The average molecular weight is 294 g/mol. The lowest BCUT2D eigenvalue weighted by atomic mass is 10.2. The Balaban J connectivity index is 1.96. The Morgan fingerprint density at radius 1 is 1.24 bits per heavy atom. The van der Waals surface area contributed by atoms with Gasteiger partial charge in [-0.15, -0.1) is 0 Å². The minimum Gasteiger partial charge on any atom is -0.342 e. The smallest absolute Gasteiger partial charge is 0.251 e. The van der Waals surface area contributed by atoms with Gasteiger partial charge in [-0.25, -0.2) is 10.9 Å². The molecule has 0 aromatic heterocycles. The molecule has 1 rings (SSSR count). The fourth-order valence-electron chi connectivity index (χ4n) is 1.88. The number of nitrogens with zero attached hydrogens (tertiary/aromatic N) is 1. The molecular weight excluding hydrogens is 272 g/mol. The minimum absolute atomic E-state index is 0.0216. The monoisotopic (exact) mass is 294 g/mol. The summed E-state index contributed by atoms with van der Waals surface area (Å²) in [5, 5.41) is 2.67. The number of allylic oxidation sites excluding steroid dienone is 1. The van der Waals surface area contributed by atoms with Crippen LogP contribution in [0.5, 0.6) is 0 Å². The molecule has 1 heterocycles. The third-order valence-electron chi connectivity index (χ3n) is 3.00. The largest absolute Gasteiger partial charge is 0.342 e. The summed E-state index contributed by atoms with van der Waals surface area (Å²) in [6.45, 7) is 4.91. The van der Waals surface area contributed by atoms with Gasteiger partial charge in [-0.3, -0.25) is 9.59 Å². The Morgan fingerprint density at radius 3 is 2.71 bits per heavy atom. The number of hydrogen-bond donors (Lipinski definition) is 3. The SMILES string of the molecule is C=C1C=CC(=O)N1CCCCCC(=O)NCNNCC=O. The van der Waals surface area contributed by atoms with Crippen molar-refractivity contribution in [3.63, 3.8) is 0 Å². The molecule has 0 spiro atoms. The summed E-state index contributed by atoms with van der Waals surface area (Å²) in [5.41, 5.74) is 6.04. The average Bonchev–Trinajstić information content (AvgIpc) is 2.78. The number of amides is 2. The third-order valence-corrected chi connectivity index (χ3v) is 3.00. The number of hydrogen-bond acceptors (Lipinski definition) is 5. The lowest BCUT2D eigenvalue weighted by Gasteiger charge is -2.16. The topological polar surface area (TPSA) is 90.5 Å². The number of hydrazine groups is 1. The predicted octanol–water partition coefficient (Wildman–Crippen LogP) is -0.174. The summed E-state index contributed by atoms with van der Waals surface area (Å²) < 4.78 is 0. The summed E-state index contributed by atoms with van der Waals surface area (Å²) in [6, 6.07) is 0. The molecule has 2 amide bonds. The molecule has 0 fully saturated rings. The Kier molecular flexibility index (Phi) is 8.00. The second-order valence-corrected chi connectivity index (χ2v) is 4.63. The fourth-order valence-corrected chi connectivity index (χ4v) is 1.88. The van der Waals surface area contributed by atoms with E-state index >= 15 is 0 Å². The molecule has 0 saturated heterocycles. The van der Waals surface area contributed by atoms with Gasteiger partial charge in [0.15, 0.2) is 0 Å². The highest BCUT2D eigenvalue weighted by Gasteiger charge is 2.17. The standard InChI is InChI=1S/C14H22N4O3/c1-12-6-7-14(21)18(12)9-4-2-3-5-13(20)15-11-17-16-8-10-19/h6-7,10,16-17H,1-5,8-9,11H2,(H,15,20). The molecule has 21 heavy (non-hydrogen) atoms. The third kappa shape index (κ3) is 6.82. The van der Waals surface area contributed by atoms with E-state index in [-0.39, 0.29) is 25.0 Å². The van der Waals surface area contributed by atoms with Crippen LogP contribution < -0.4 is 16.2 Å². The van der Waals surface area contributed by atoms with Crippen LogP contribution in [-0.4, -0.2) is 42.8 Å². The van der Waals surface area contributed by atoms with E-state index in [0.717, 1.165) is 31.2 Å². The molecule has 0 aromatic rings. The molecule has 7 nitrogen and oxygen atoms in total. The van der Waals surface area contributed by atoms with Crippen molar-refractivity contribution in [2.45, 2.75) is 25.7 Å². The van der Waals surface area contributed by atoms with E-state index in [4.69, 9.17) is 0 Å². The van der Waals surface area contributed by atoms with Crippen molar-refractivity contribution >= 4 is 18.1 Å². The number of carbonyl (C=O) groups excluding carboxylic acids is 3. The van der Waals surface area contributed by atoms with Gasteiger partial charge in [0.2, 0.25) is 5.91 Å². The summed E-state index contributed by atoms with van der Waals surface area (Å²) in [5.74, 6) is -0.0645. The molecule has 0 bridgehead atoms. The highest BCUT2D eigenvalue weighted by Crippen LogP contribution is 2.14. The van der Waals surface area contributed by atoms with Crippen LogP contribution in [0.2, 0.25) is 0 Å². The maximum Gasteiger partial charge on any atom is 0.251 e. The van der Waals surface area contributed by atoms with Crippen molar-refractivity contribution in [3.05, 3.63) is 24.4 Å². The molecule has 1 aliphatic rings. The lowest BCUT2D eigenvalue weighted by molar-refractivity contribution is -0.123. The predicted molar refractivity (Wildman–Crippen MR) is 78.7 cm³/mol. The second kappa shape index (κ2) is 9.84. The van der Waals surface area contributed by atoms with Gasteiger partial charge < -0.3 is 15.0 Å². The first-order valence-electron chi connectivity index (χ1n) is 6.99. The van der Waals surface area contributed by atoms with Crippen molar-refractivity contribution in [3.8, 4) is 0 Å². The summed E-state index contributed by atoms with van der Waals surface area (Å²) >= 11 is 0. The number of carbonyl (C=O) groups is 3. The van der Waals surface area contributed by atoms with Crippen molar-refractivity contribution in [2.75, 3.05) is 19.8 Å². The highest BCUT2D eigenvalue weighted by molar-refractivity contribution is 5.92. The van der Waals surface area contributed by atoms with Gasteiger partial charge in [0, 0.05) is 24.7 Å². The lowest BCUT2D eigenvalue weighted by Crippen LogP contribution is -2.42. The number of rotatable bonds is 11. The van der Waals surface area contributed by atoms with E-state index in [1.165, 1.54) is 6.08 Å². The van der Waals surface area contributed by atoms with Crippen molar-refractivity contribution in [1.82, 2.24) is 21.1 Å². The Labute approximate surface area is 124 Å². The zero-order valence-electron chi connectivity index (χ0n) is 12.1. The molecule has 0 radical (unpaired) electrons. The van der Waals surface area contributed by atoms with Gasteiger partial charge >= 0.3 is 0 Å². The van der Waals surface area contributed by atoms with E-state index < -0.39 is 0 Å². The first kappa shape index (κ1) is 17.1. The van der Waals surface area contributed by atoms with Gasteiger partial charge in [-0.2, -0.15) is 0 Å². The molecule has 1 aliphatic heterocycles. The van der Waals surface area contributed by atoms with Crippen LogP contribution in [0.1, 0.15) is 25.7 Å². The van der Waals surface area contributed by atoms with Crippen LogP contribution in [-0.2, 0) is 14.4 Å². The maximum absolute atomic E-state index is 11.5. The fraction of sp³-hybridized carbons (Fsp3) is 0.500. The molecule has 0 atom stereocenters. The molecule has 7 heteroatoms. The summed E-state index contributed by atoms with van der Waals surface area (Å²) in [4.78, 5) is 34.6. The number of unbranched alkanes of at least 4 members (excludes halogenated alkanes) is 2. The van der Waals surface area contributed by atoms with E-state index in [1.807, 2.05) is 0 Å². The van der Waals surface area contributed by atoms with Gasteiger partial charge in [-0.05, 0) is 18.9 Å². The molecule has 116 valence electrons. The summed E-state index contributed by atoms with van der Waals surface area (Å²) in [7, 11) is 0. The molecule has 0 saturated carbocycles. The van der Waals surface area contributed by atoms with E-state index in [9.17, 15) is 14.4 Å². The van der Waals surface area contributed by atoms with E-state index in [0.29, 0.717) is 13.0 Å². The first-order chi connectivity index (χ1) is 10.1. The van der Waals surface area contributed by atoms with Crippen LogP contribution in [0, 0.1) is 0 Å². The Hall–Kier alpha value is -1.99. The normalized spacial score (nSPS) is 13.8. The van der Waals surface area contributed by atoms with Crippen molar-refractivity contribution < 1.29 is 14.4 Å². The van der Waals surface area contributed by atoms with Crippen LogP contribution in [0.4, 0.5) is 0 Å². The molecule has 0 aliphatic carbocycles. The van der Waals surface area contributed by atoms with Crippen LogP contribution >= 0.6 is 0 Å². The van der Waals surface area contributed by atoms with Gasteiger partial charge in [0.1, 0.15) is 6.29 Å². The summed E-state index contributed by atoms with van der Waals surface area (Å²) in [6.07, 6.45) is 6.89. The second-order valence-electron chi connectivity index (χ2n) is 4.63. The maximum atomic E-state index is 11.5. The van der Waals surface area contributed by atoms with Gasteiger partial charge in [0.25, 0.3) is 5.91 Å². The minimum atomic E-state index is -0.0428. The Bertz CT molecular complexity index is 402. The van der Waals surface area contributed by atoms with Gasteiger partial charge in [-0.1, -0.05) is 13.0 Å². The van der Waals surface area contributed by atoms with E-state index in [1.54, 1.807) is 11.0 Å². The molecule has 3 N–H and O–H groups in total. The van der Waals surface area contributed by atoms with Gasteiger partial charge in [0.05, 0.1) is 13.2 Å². The van der Waals surface area contributed by atoms with Crippen LogP contribution in [0.15, 0.2) is 24.4 Å². The first-order valence-corrected chi connectivity index (χ1v) is 6.99. The molecule has 0 aromatic carbocycles. The number of aldehydes is 1. The zero-order chi connectivity index (χ0) is 15.5. The van der Waals surface area contributed by atoms with Crippen molar-refractivity contribution in [1.29, 1.82) is 0 Å². The van der Waals surface area contributed by atoms with Crippen molar-refractivity contribution in [2.24, 2.45) is 0 Å². The van der Waals surface area contributed by atoms with Crippen LogP contribution in [0.25, 0.3) is 0 Å².